The summed E-state index contributed by atoms with van der Waals surface area (Å²) in [5.74, 6) is 1.41. The lowest BCUT2D eigenvalue weighted by atomic mass is 9.82. The molecule has 0 atom stereocenters. The van der Waals surface area contributed by atoms with Gasteiger partial charge in [-0.1, -0.05) is 10.4 Å². The number of rotatable bonds is 6. The maximum absolute atomic E-state index is 4.08. The molecule has 92 valence electrons. The van der Waals surface area contributed by atoms with Crippen molar-refractivity contribution in [3.63, 3.8) is 0 Å². The van der Waals surface area contributed by atoms with Crippen LogP contribution in [0, 0.1) is 11.8 Å². The molecule has 1 aliphatic carbocycles. The molecule has 0 saturated heterocycles. The molecule has 0 spiro atoms. The monoisotopic (exact) mass is 226 g/mol. The van der Waals surface area contributed by atoms with Crippen LogP contribution in [0.2, 0.25) is 0 Å². The van der Waals surface area contributed by atoms with Gasteiger partial charge in [-0.15, -0.1) is 0 Å². The summed E-state index contributed by atoms with van der Waals surface area (Å²) >= 11 is 0. The Bertz CT molecular complexity index is 195. The van der Waals surface area contributed by atoms with Gasteiger partial charge in [0.2, 0.25) is 0 Å². The minimum atomic E-state index is 0.703. The molecule has 0 aromatic heterocycles. The molecule has 0 unspecified atom stereocenters. The lowest BCUT2D eigenvalue weighted by Crippen LogP contribution is -2.18. The molecule has 1 saturated carbocycles. The van der Waals surface area contributed by atoms with Gasteiger partial charge >= 0.3 is 0 Å². The molecule has 6 nitrogen and oxygen atoms in total. The van der Waals surface area contributed by atoms with Crippen LogP contribution in [0.1, 0.15) is 25.7 Å². The lowest BCUT2D eigenvalue weighted by molar-refractivity contribution is 0.280. The molecule has 0 aromatic rings. The predicted molar refractivity (Wildman–Crippen MR) is 63.0 cm³/mol. The van der Waals surface area contributed by atoms with Gasteiger partial charge in [0.15, 0.2) is 0 Å². The Balaban J connectivity index is 2.13. The molecule has 0 heterocycles. The van der Waals surface area contributed by atoms with E-state index >= 15 is 0 Å². The Kier molecular flexibility index (Phi) is 6.44. The van der Waals surface area contributed by atoms with E-state index in [4.69, 9.17) is 0 Å². The number of nitrogens with zero attached hydrogens (tertiary/aromatic N) is 4. The molecule has 2 N–H and O–H groups in total. The Labute approximate surface area is 97.0 Å². The third-order valence-corrected chi connectivity index (χ3v) is 2.99. The van der Waals surface area contributed by atoms with Crippen molar-refractivity contribution in [3.8, 4) is 0 Å². The Morgan fingerprint density at radius 2 is 1.19 bits per heavy atom. The van der Waals surface area contributed by atoms with Crippen molar-refractivity contribution in [2.75, 3.05) is 27.2 Å². The first kappa shape index (κ1) is 12.9. The zero-order valence-electron chi connectivity index (χ0n) is 10.2. The maximum atomic E-state index is 4.08. The molecule has 1 rings (SSSR count). The third-order valence-electron chi connectivity index (χ3n) is 2.99. The van der Waals surface area contributed by atoms with Gasteiger partial charge in [0.05, 0.1) is 13.1 Å². The number of hydrogen-bond acceptors (Lipinski definition) is 4. The van der Waals surface area contributed by atoms with E-state index in [2.05, 4.69) is 31.5 Å². The topological polar surface area (TPSA) is 73.5 Å². The van der Waals surface area contributed by atoms with Crippen molar-refractivity contribution in [1.29, 1.82) is 0 Å². The Morgan fingerprint density at radius 1 is 0.812 bits per heavy atom. The van der Waals surface area contributed by atoms with Crippen LogP contribution < -0.4 is 10.9 Å². The quantitative estimate of drug-likeness (QED) is 0.536. The highest BCUT2D eigenvalue weighted by atomic mass is 15.4. The minimum Gasteiger partial charge on any atom is -0.295 e. The van der Waals surface area contributed by atoms with Crippen molar-refractivity contribution in [3.05, 3.63) is 0 Å². The van der Waals surface area contributed by atoms with Crippen molar-refractivity contribution in [1.82, 2.24) is 10.9 Å². The summed E-state index contributed by atoms with van der Waals surface area (Å²) in [6.07, 6.45) is 4.95. The largest absolute Gasteiger partial charge is 0.295 e. The summed E-state index contributed by atoms with van der Waals surface area (Å²) in [4.78, 5) is 0. The van der Waals surface area contributed by atoms with Gasteiger partial charge in [0.1, 0.15) is 0 Å². The zero-order valence-corrected chi connectivity index (χ0v) is 10.2. The zero-order chi connectivity index (χ0) is 11.6. The second-order valence-electron chi connectivity index (χ2n) is 4.18. The second kappa shape index (κ2) is 8.01. The molecular formula is C10H22N6. The Hall–Kier alpha value is -1.20. The Morgan fingerprint density at radius 3 is 1.50 bits per heavy atom. The summed E-state index contributed by atoms with van der Waals surface area (Å²) in [7, 11) is 3.54. The SMILES string of the molecule is CNN=NC[C@H]1CC[C@H](CN=NNC)CC1. The second-order valence-corrected chi connectivity index (χ2v) is 4.18. The smallest absolute Gasteiger partial charge is 0.0648 e. The molecule has 1 aliphatic rings. The summed E-state index contributed by atoms with van der Waals surface area (Å²) < 4.78 is 0. The number of hydrogen-bond donors (Lipinski definition) is 2. The molecule has 0 aromatic carbocycles. The molecule has 0 bridgehead atoms. The fourth-order valence-corrected chi connectivity index (χ4v) is 2.05. The highest BCUT2D eigenvalue weighted by Gasteiger charge is 2.20. The molecule has 6 heteroatoms. The molecule has 16 heavy (non-hydrogen) atoms. The molecule has 0 amide bonds. The fraction of sp³-hybridized carbons (Fsp3) is 1.00. The average molecular weight is 226 g/mol. The van der Waals surface area contributed by atoms with Gasteiger partial charge < -0.3 is 0 Å². The third kappa shape index (κ3) is 5.04. The van der Waals surface area contributed by atoms with E-state index < -0.39 is 0 Å². The first-order valence-corrected chi connectivity index (χ1v) is 5.93. The molecular weight excluding hydrogens is 204 g/mol. The van der Waals surface area contributed by atoms with Crippen molar-refractivity contribution >= 4 is 0 Å². The average Bonchev–Trinajstić information content (AvgIpc) is 2.32. The van der Waals surface area contributed by atoms with Gasteiger partial charge in [-0.05, 0) is 37.5 Å². The molecule has 1 fully saturated rings. The summed E-state index contributed by atoms with van der Waals surface area (Å²) in [6.45, 7) is 1.71. The fourth-order valence-electron chi connectivity index (χ4n) is 2.05. The van der Waals surface area contributed by atoms with Crippen molar-refractivity contribution in [2.24, 2.45) is 32.5 Å². The maximum Gasteiger partial charge on any atom is 0.0648 e. The van der Waals surface area contributed by atoms with E-state index in [1.54, 1.807) is 14.1 Å². The van der Waals surface area contributed by atoms with E-state index in [1.165, 1.54) is 25.7 Å². The van der Waals surface area contributed by atoms with Gasteiger partial charge in [0, 0.05) is 14.1 Å². The van der Waals surface area contributed by atoms with Crippen LogP contribution in [-0.4, -0.2) is 27.2 Å². The van der Waals surface area contributed by atoms with Crippen LogP contribution in [0.4, 0.5) is 0 Å². The molecule has 0 aliphatic heterocycles. The van der Waals surface area contributed by atoms with E-state index in [9.17, 15) is 0 Å². The van der Waals surface area contributed by atoms with E-state index in [0.717, 1.165) is 13.1 Å². The van der Waals surface area contributed by atoms with E-state index in [-0.39, 0.29) is 0 Å². The van der Waals surface area contributed by atoms with Crippen LogP contribution >= 0.6 is 0 Å². The van der Waals surface area contributed by atoms with Gasteiger partial charge in [0.25, 0.3) is 0 Å². The highest BCUT2D eigenvalue weighted by Crippen LogP contribution is 2.29. The van der Waals surface area contributed by atoms with Crippen LogP contribution in [-0.2, 0) is 0 Å². The van der Waals surface area contributed by atoms with Gasteiger partial charge in [-0.2, -0.15) is 10.2 Å². The van der Waals surface area contributed by atoms with Crippen LogP contribution in [0.25, 0.3) is 0 Å². The van der Waals surface area contributed by atoms with E-state index in [1.807, 2.05) is 0 Å². The van der Waals surface area contributed by atoms with Crippen molar-refractivity contribution in [2.45, 2.75) is 25.7 Å². The first-order chi connectivity index (χ1) is 7.86. The van der Waals surface area contributed by atoms with Crippen molar-refractivity contribution < 1.29 is 0 Å². The summed E-state index contributed by atoms with van der Waals surface area (Å²) in [5.41, 5.74) is 5.35. The minimum absolute atomic E-state index is 0.703. The highest BCUT2D eigenvalue weighted by molar-refractivity contribution is 4.74. The van der Waals surface area contributed by atoms with Gasteiger partial charge in [-0.25, -0.2) is 0 Å². The predicted octanol–water partition coefficient (Wildman–Crippen LogP) is 1.97. The first-order valence-electron chi connectivity index (χ1n) is 5.93. The summed E-state index contributed by atoms with van der Waals surface area (Å²) in [5, 5.41) is 15.7. The van der Waals surface area contributed by atoms with Crippen LogP contribution in [0.3, 0.4) is 0 Å². The van der Waals surface area contributed by atoms with Crippen LogP contribution in [0.15, 0.2) is 20.7 Å². The standard InChI is InChI=1S/C10H22N6/c1-11-15-13-7-9-3-5-10(6-4-9)8-14-16-12-2/h9-10H,3-8H2,1-2H3,(H,11,13)(H,12,14)/t9-,10-. The van der Waals surface area contributed by atoms with E-state index in [0.29, 0.717) is 11.8 Å². The normalized spacial score (nSPS) is 26.4. The van der Waals surface area contributed by atoms with Gasteiger partial charge in [-0.3, -0.25) is 10.9 Å². The van der Waals surface area contributed by atoms with Crippen LogP contribution in [0.5, 0.6) is 0 Å². The number of nitrogens with one attached hydrogen (secondary N) is 2. The lowest BCUT2D eigenvalue weighted by Gasteiger charge is -2.25. The summed E-state index contributed by atoms with van der Waals surface area (Å²) in [6, 6.07) is 0. The molecule has 0 radical (unpaired) electrons.